The quantitative estimate of drug-likeness (QED) is 0.553. The highest BCUT2D eigenvalue weighted by molar-refractivity contribution is 6.70. The first-order valence-corrected chi connectivity index (χ1v) is 7.26. The molecule has 14 heavy (non-hydrogen) atoms. The van der Waals surface area contributed by atoms with Gasteiger partial charge in [0.1, 0.15) is 14.6 Å². The van der Waals surface area contributed by atoms with Crippen LogP contribution in [0.4, 0.5) is 0 Å². The maximum absolute atomic E-state index is 10.8. The van der Waals surface area contributed by atoms with Crippen LogP contribution in [0, 0.1) is 0 Å². The van der Waals surface area contributed by atoms with Crippen molar-refractivity contribution in [2.24, 2.45) is 0 Å². The predicted molar refractivity (Wildman–Crippen MR) is 59.9 cm³/mol. The van der Waals surface area contributed by atoms with Crippen molar-refractivity contribution in [3.05, 3.63) is 17.4 Å². The van der Waals surface area contributed by atoms with Gasteiger partial charge in [0.25, 0.3) is 0 Å². The monoisotopic (exact) mass is 209 g/mol. The molecule has 0 atom stereocenters. The molecule has 0 amide bonds. The van der Waals surface area contributed by atoms with Crippen molar-refractivity contribution >= 4 is 20.5 Å². The van der Waals surface area contributed by atoms with E-state index in [4.69, 9.17) is 4.42 Å². The van der Waals surface area contributed by atoms with Crippen molar-refractivity contribution in [3.63, 3.8) is 0 Å². The van der Waals surface area contributed by atoms with E-state index >= 15 is 0 Å². The first-order chi connectivity index (χ1) is 6.36. The van der Waals surface area contributed by atoms with Crippen LogP contribution in [0.1, 0.15) is 36.9 Å². The molecule has 0 bridgehead atoms. The second-order valence-electron chi connectivity index (χ2n) is 4.76. The molecule has 1 aromatic heterocycles. The lowest BCUT2D eigenvalue weighted by molar-refractivity contribution is 0.112. The van der Waals surface area contributed by atoms with Crippen LogP contribution >= 0.6 is 0 Å². The average Bonchev–Trinajstić information content (AvgIpc) is 2.45. The van der Waals surface area contributed by atoms with E-state index in [-0.39, 0.29) is 5.41 Å². The van der Waals surface area contributed by atoms with Crippen molar-refractivity contribution in [1.82, 2.24) is 0 Å². The lowest BCUT2D eigenvalue weighted by Crippen LogP contribution is -2.24. The molecule has 1 radical (unpaired) electrons. The van der Waals surface area contributed by atoms with Gasteiger partial charge in [-0.15, -0.1) is 0 Å². The molecular weight excluding hydrogens is 192 g/mol. The SMILES string of the molecule is C[Si](C)c1oc(C(C)(C)C)cc1C=O. The molecule has 0 aliphatic carbocycles. The summed E-state index contributed by atoms with van der Waals surface area (Å²) in [4.78, 5) is 10.8. The zero-order chi connectivity index (χ0) is 10.9. The predicted octanol–water partition coefficient (Wildman–Crippen LogP) is 2.35. The summed E-state index contributed by atoms with van der Waals surface area (Å²) in [5.74, 6) is 0.904. The number of aldehydes is 1. The minimum Gasteiger partial charge on any atom is -0.470 e. The van der Waals surface area contributed by atoms with E-state index in [1.165, 1.54) is 0 Å². The van der Waals surface area contributed by atoms with Crippen LogP contribution in [0.15, 0.2) is 10.5 Å². The second-order valence-corrected chi connectivity index (χ2v) is 7.22. The summed E-state index contributed by atoms with van der Waals surface area (Å²) >= 11 is 0. The Bertz CT molecular complexity index is 332. The number of carbonyl (C=O) groups is 1. The van der Waals surface area contributed by atoms with Gasteiger partial charge in [-0.1, -0.05) is 33.9 Å². The van der Waals surface area contributed by atoms with Gasteiger partial charge >= 0.3 is 0 Å². The largest absolute Gasteiger partial charge is 0.470 e. The fourth-order valence-corrected chi connectivity index (χ4v) is 2.28. The Balaban J connectivity index is 3.20. The van der Waals surface area contributed by atoms with E-state index in [0.717, 1.165) is 23.0 Å². The topological polar surface area (TPSA) is 30.2 Å². The van der Waals surface area contributed by atoms with Crippen LogP contribution in [-0.2, 0) is 5.41 Å². The fraction of sp³-hybridized carbons (Fsp3) is 0.545. The molecule has 0 unspecified atom stereocenters. The summed E-state index contributed by atoms with van der Waals surface area (Å²) in [5, 5.41) is 0.898. The molecule has 0 aromatic carbocycles. The van der Waals surface area contributed by atoms with Gasteiger partial charge in [-0.25, -0.2) is 0 Å². The van der Waals surface area contributed by atoms with Crippen molar-refractivity contribution < 1.29 is 9.21 Å². The van der Waals surface area contributed by atoms with Gasteiger partial charge in [-0.2, -0.15) is 0 Å². The molecule has 0 spiro atoms. The molecule has 3 heteroatoms. The highest BCUT2D eigenvalue weighted by Crippen LogP contribution is 2.23. The molecule has 0 aliphatic heterocycles. The summed E-state index contributed by atoms with van der Waals surface area (Å²) < 4.78 is 5.75. The Kier molecular flexibility index (Phi) is 3.00. The molecular formula is C11H17O2Si. The fourth-order valence-electron chi connectivity index (χ4n) is 1.25. The van der Waals surface area contributed by atoms with E-state index < -0.39 is 8.80 Å². The van der Waals surface area contributed by atoms with Crippen molar-refractivity contribution in [2.75, 3.05) is 0 Å². The molecule has 0 aliphatic rings. The van der Waals surface area contributed by atoms with E-state index in [9.17, 15) is 4.79 Å². The summed E-state index contributed by atoms with van der Waals surface area (Å²) in [6, 6.07) is 1.88. The van der Waals surface area contributed by atoms with Crippen LogP contribution < -0.4 is 5.38 Å². The van der Waals surface area contributed by atoms with E-state index in [2.05, 4.69) is 33.9 Å². The molecule has 0 saturated heterocycles. The van der Waals surface area contributed by atoms with E-state index in [1.54, 1.807) is 0 Å². The van der Waals surface area contributed by atoms with Gasteiger partial charge in [0.05, 0.1) is 10.9 Å². The third-order valence-corrected chi connectivity index (χ3v) is 3.38. The lowest BCUT2D eigenvalue weighted by atomic mass is 9.93. The Morgan fingerprint density at radius 1 is 1.36 bits per heavy atom. The van der Waals surface area contributed by atoms with Crippen LogP contribution in [0.2, 0.25) is 13.1 Å². The summed E-state index contributed by atoms with van der Waals surface area (Å²) in [7, 11) is -0.691. The molecule has 1 heterocycles. The Hall–Kier alpha value is -0.833. The smallest absolute Gasteiger partial charge is 0.153 e. The molecule has 0 N–H and O–H groups in total. The van der Waals surface area contributed by atoms with Crippen molar-refractivity contribution in [1.29, 1.82) is 0 Å². The molecule has 0 saturated carbocycles. The third kappa shape index (κ3) is 2.15. The van der Waals surface area contributed by atoms with E-state index in [0.29, 0.717) is 0 Å². The van der Waals surface area contributed by atoms with Gasteiger partial charge in [-0.3, -0.25) is 4.79 Å². The highest BCUT2D eigenvalue weighted by Gasteiger charge is 2.22. The van der Waals surface area contributed by atoms with E-state index in [1.807, 2.05) is 6.07 Å². The van der Waals surface area contributed by atoms with Crippen LogP contribution in [-0.4, -0.2) is 15.1 Å². The second kappa shape index (κ2) is 3.73. The molecule has 2 nitrogen and oxygen atoms in total. The van der Waals surface area contributed by atoms with Gasteiger partial charge in [-0.05, 0) is 6.07 Å². The number of rotatable bonds is 2. The molecule has 1 rings (SSSR count). The minimum atomic E-state index is -0.691. The number of hydrogen-bond acceptors (Lipinski definition) is 2. The zero-order valence-corrected chi connectivity index (χ0v) is 10.5. The van der Waals surface area contributed by atoms with Gasteiger partial charge in [0.15, 0.2) is 6.29 Å². The first kappa shape index (κ1) is 11.2. The average molecular weight is 209 g/mol. The van der Waals surface area contributed by atoms with Crippen LogP contribution in [0.5, 0.6) is 0 Å². The Labute approximate surface area is 86.9 Å². The summed E-state index contributed by atoms with van der Waals surface area (Å²) in [6.45, 7) is 10.5. The van der Waals surface area contributed by atoms with Gasteiger partial charge in [0.2, 0.25) is 0 Å². The number of furan rings is 1. The van der Waals surface area contributed by atoms with Crippen molar-refractivity contribution in [2.45, 2.75) is 39.3 Å². The Morgan fingerprint density at radius 3 is 2.21 bits per heavy atom. The summed E-state index contributed by atoms with van der Waals surface area (Å²) in [6.07, 6.45) is 0.895. The van der Waals surface area contributed by atoms with Gasteiger partial charge in [0, 0.05) is 5.41 Å². The standard InChI is InChI=1S/C11H17O2Si/c1-11(2,3)9-6-8(7-12)10(13-9)14(4)5/h6-7H,1-5H3. The molecule has 77 valence electrons. The number of carbonyl (C=O) groups excluding carboxylic acids is 1. The Morgan fingerprint density at radius 2 is 1.93 bits per heavy atom. The first-order valence-electron chi connectivity index (χ1n) is 4.76. The molecule has 1 aromatic rings. The zero-order valence-electron chi connectivity index (χ0n) is 9.47. The maximum atomic E-state index is 10.8. The minimum absolute atomic E-state index is 0.0205. The maximum Gasteiger partial charge on any atom is 0.153 e. The summed E-state index contributed by atoms with van der Waals surface area (Å²) in [5.41, 5.74) is 0.710. The number of hydrogen-bond donors (Lipinski definition) is 0. The highest BCUT2D eigenvalue weighted by atomic mass is 28.3. The molecule has 0 fully saturated rings. The van der Waals surface area contributed by atoms with Gasteiger partial charge < -0.3 is 4.42 Å². The lowest BCUT2D eigenvalue weighted by Gasteiger charge is -2.14. The van der Waals surface area contributed by atoms with Crippen molar-refractivity contribution in [3.8, 4) is 0 Å². The third-order valence-electron chi connectivity index (χ3n) is 2.08. The van der Waals surface area contributed by atoms with Crippen LogP contribution in [0.3, 0.4) is 0 Å². The normalized spacial score (nSPS) is 12.1. The van der Waals surface area contributed by atoms with Crippen LogP contribution in [0.25, 0.3) is 0 Å².